The highest BCUT2D eigenvalue weighted by molar-refractivity contribution is 7.15. The van der Waals surface area contributed by atoms with Crippen LogP contribution in [0.2, 0.25) is 0 Å². The number of fused-ring (bicyclic) bond motifs is 1. The Kier molecular flexibility index (Phi) is 4.39. The number of rotatable bonds is 3. The van der Waals surface area contributed by atoms with Gasteiger partial charge in [0.05, 0.1) is 0 Å². The number of nitrogens with zero attached hydrogens (tertiary/aromatic N) is 1. The maximum absolute atomic E-state index is 13.6. The van der Waals surface area contributed by atoms with Crippen molar-refractivity contribution in [2.75, 3.05) is 5.73 Å². The zero-order chi connectivity index (χ0) is 12.5. The topological polar surface area (TPSA) is 50.9 Å². The first-order valence-corrected chi connectivity index (χ1v) is 6.76. The number of hydrogen-bond donors (Lipinski definition) is 2. The highest BCUT2D eigenvalue weighted by atomic mass is 35.5. The molecule has 0 saturated heterocycles. The zero-order valence-corrected chi connectivity index (χ0v) is 11.9. The molecule has 0 radical (unpaired) electrons. The van der Waals surface area contributed by atoms with Gasteiger partial charge in [-0.1, -0.05) is 12.1 Å². The molecule has 102 valence electrons. The Hall–Kier alpha value is -1.17. The average Bonchev–Trinajstić information content (AvgIpc) is 2.94. The van der Waals surface area contributed by atoms with Crippen LogP contribution in [0.15, 0.2) is 24.4 Å². The second kappa shape index (κ2) is 5.86. The van der Waals surface area contributed by atoms with Crippen molar-refractivity contribution < 1.29 is 4.39 Å². The normalized spacial score (nSPS) is 17.0. The molecule has 2 aromatic rings. The number of nitrogens with one attached hydrogen (secondary N) is 1. The van der Waals surface area contributed by atoms with E-state index in [0.717, 1.165) is 35.4 Å². The van der Waals surface area contributed by atoms with Crippen LogP contribution in [0.5, 0.6) is 0 Å². The van der Waals surface area contributed by atoms with Crippen LogP contribution < -0.4 is 11.1 Å². The van der Waals surface area contributed by atoms with E-state index in [0.29, 0.717) is 5.13 Å². The van der Waals surface area contributed by atoms with Crippen LogP contribution in [0.4, 0.5) is 9.52 Å². The maximum Gasteiger partial charge on any atom is 0.180 e. The lowest BCUT2D eigenvalue weighted by atomic mass is 10.1. The summed E-state index contributed by atoms with van der Waals surface area (Å²) in [6, 6.07) is 5.55. The van der Waals surface area contributed by atoms with E-state index in [-0.39, 0.29) is 24.3 Å². The summed E-state index contributed by atoms with van der Waals surface area (Å²) < 4.78 is 13.6. The summed E-state index contributed by atoms with van der Waals surface area (Å²) in [5.41, 5.74) is 7.54. The van der Waals surface area contributed by atoms with Gasteiger partial charge in [-0.15, -0.1) is 23.7 Å². The van der Waals surface area contributed by atoms with E-state index in [1.54, 1.807) is 12.3 Å². The molecular formula is C13H15ClFN3S. The molecule has 1 unspecified atom stereocenters. The van der Waals surface area contributed by atoms with Crippen molar-refractivity contribution in [3.05, 3.63) is 46.2 Å². The van der Waals surface area contributed by atoms with Crippen LogP contribution in [-0.4, -0.2) is 4.98 Å². The number of benzene rings is 1. The Morgan fingerprint density at radius 3 is 3.05 bits per heavy atom. The minimum absolute atomic E-state index is 0. The Labute approximate surface area is 121 Å². The van der Waals surface area contributed by atoms with E-state index in [4.69, 9.17) is 5.73 Å². The van der Waals surface area contributed by atoms with Crippen molar-refractivity contribution in [2.24, 2.45) is 0 Å². The van der Waals surface area contributed by atoms with E-state index >= 15 is 0 Å². The van der Waals surface area contributed by atoms with Gasteiger partial charge in [0.2, 0.25) is 0 Å². The Morgan fingerprint density at radius 2 is 2.32 bits per heavy atom. The van der Waals surface area contributed by atoms with Crippen molar-refractivity contribution in [2.45, 2.75) is 25.4 Å². The minimum atomic E-state index is -0.0844. The Bertz CT molecular complexity index is 573. The fraction of sp³-hybridized carbons (Fsp3) is 0.308. The number of thiazole rings is 1. The van der Waals surface area contributed by atoms with E-state index in [1.165, 1.54) is 17.4 Å². The molecule has 3 N–H and O–H groups in total. The fourth-order valence-corrected chi connectivity index (χ4v) is 3.08. The zero-order valence-electron chi connectivity index (χ0n) is 10.2. The van der Waals surface area contributed by atoms with Crippen molar-refractivity contribution in [3.63, 3.8) is 0 Å². The van der Waals surface area contributed by atoms with E-state index < -0.39 is 0 Å². The highest BCUT2D eigenvalue weighted by Crippen LogP contribution is 2.33. The number of halogens is 2. The predicted molar refractivity (Wildman–Crippen MR) is 78.1 cm³/mol. The van der Waals surface area contributed by atoms with Crippen molar-refractivity contribution in [3.8, 4) is 0 Å². The SMILES string of the molecule is Cl.Nc1ncc(CNC2CCc3c(F)cccc32)s1. The Morgan fingerprint density at radius 1 is 1.47 bits per heavy atom. The van der Waals surface area contributed by atoms with Gasteiger partial charge < -0.3 is 11.1 Å². The van der Waals surface area contributed by atoms with Gasteiger partial charge in [-0.2, -0.15) is 0 Å². The second-order valence-electron chi connectivity index (χ2n) is 4.44. The highest BCUT2D eigenvalue weighted by Gasteiger charge is 2.24. The summed E-state index contributed by atoms with van der Waals surface area (Å²) in [7, 11) is 0. The standard InChI is InChI=1S/C13H14FN3S.ClH/c14-11-3-1-2-10-9(11)4-5-12(10)16-6-8-7-17-13(15)18-8;/h1-3,7,12,16H,4-6H2,(H2,15,17);1H. The maximum atomic E-state index is 13.6. The molecule has 3 nitrogen and oxygen atoms in total. The number of hydrogen-bond acceptors (Lipinski definition) is 4. The van der Waals surface area contributed by atoms with Gasteiger partial charge in [0.15, 0.2) is 5.13 Å². The van der Waals surface area contributed by atoms with Gasteiger partial charge in [-0.3, -0.25) is 0 Å². The average molecular weight is 300 g/mol. The minimum Gasteiger partial charge on any atom is -0.375 e. The smallest absolute Gasteiger partial charge is 0.180 e. The molecule has 0 bridgehead atoms. The summed E-state index contributed by atoms with van der Waals surface area (Å²) in [6.07, 6.45) is 3.55. The van der Waals surface area contributed by atoms with Gasteiger partial charge in [-0.25, -0.2) is 9.37 Å². The van der Waals surface area contributed by atoms with Gasteiger partial charge in [0.25, 0.3) is 0 Å². The molecule has 0 amide bonds. The molecule has 1 heterocycles. The van der Waals surface area contributed by atoms with Gasteiger partial charge in [0.1, 0.15) is 5.82 Å². The fourth-order valence-electron chi connectivity index (χ4n) is 2.45. The van der Waals surface area contributed by atoms with Gasteiger partial charge in [0, 0.05) is 23.7 Å². The first-order chi connectivity index (χ1) is 8.74. The molecule has 6 heteroatoms. The van der Waals surface area contributed by atoms with Crippen LogP contribution in [0.1, 0.15) is 28.5 Å². The van der Waals surface area contributed by atoms with Crippen molar-refractivity contribution in [1.29, 1.82) is 0 Å². The first kappa shape index (κ1) is 14.2. The Balaban J connectivity index is 0.00000133. The third kappa shape index (κ3) is 2.88. The molecular weight excluding hydrogens is 285 g/mol. The molecule has 3 rings (SSSR count). The molecule has 0 saturated carbocycles. The van der Waals surface area contributed by atoms with E-state index in [9.17, 15) is 4.39 Å². The van der Waals surface area contributed by atoms with Gasteiger partial charge in [-0.05, 0) is 30.0 Å². The van der Waals surface area contributed by atoms with Gasteiger partial charge >= 0.3 is 0 Å². The molecule has 1 aromatic carbocycles. The van der Waals surface area contributed by atoms with E-state index in [2.05, 4.69) is 10.3 Å². The monoisotopic (exact) mass is 299 g/mol. The summed E-state index contributed by atoms with van der Waals surface area (Å²) in [5, 5.41) is 4.03. The molecule has 0 fully saturated rings. The van der Waals surface area contributed by atoms with Crippen molar-refractivity contribution in [1.82, 2.24) is 10.3 Å². The van der Waals surface area contributed by atoms with Crippen LogP contribution in [0.25, 0.3) is 0 Å². The van der Waals surface area contributed by atoms with Crippen LogP contribution >= 0.6 is 23.7 Å². The summed E-state index contributed by atoms with van der Waals surface area (Å²) in [4.78, 5) is 5.13. The molecule has 0 aliphatic heterocycles. The lowest BCUT2D eigenvalue weighted by molar-refractivity contribution is 0.533. The largest absolute Gasteiger partial charge is 0.375 e. The summed E-state index contributed by atoms with van der Waals surface area (Å²) in [5.74, 6) is -0.0844. The van der Waals surface area contributed by atoms with Crippen LogP contribution in [0, 0.1) is 5.82 Å². The molecule has 1 aliphatic rings. The second-order valence-corrected chi connectivity index (χ2v) is 5.59. The number of anilines is 1. The molecule has 0 spiro atoms. The molecule has 1 aromatic heterocycles. The van der Waals surface area contributed by atoms with Crippen molar-refractivity contribution >= 4 is 28.9 Å². The van der Waals surface area contributed by atoms with Crippen LogP contribution in [0.3, 0.4) is 0 Å². The molecule has 1 aliphatic carbocycles. The van der Waals surface area contributed by atoms with Crippen LogP contribution in [-0.2, 0) is 13.0 Å². The molecule has 1 atom stereocenters. The summed E-state index contributed by atoms with van der Waals surface area (Å²) in [6.45, 7) is 0.732. The number of nitrogens with two attached hydrogens (primary N) is 1. The van der Waals surface area contributed by atoms with E-state index in [1.807, 2.05) is 6.07 Å². The number of aromatic nitrogens is 1. The third-order valence-electron chi connectivity index (χ3n) is 3.31. The third-order valence-corrected chi connectivity index (χ3v) is 4.13. The predicted octanol–water partition coefficient (Wildman–Crippen LogP) is 3.06. The molecule has 19 heavy (non-hydrogen) atoms. The number of nitrogen functional groups attached to an aromatic ring is 1. The first-order valence-electron chi connectivity index (χ1n) is 5.95. The lowest BCUT2D eigenvalue weighted by Crippen LogP contribution is -2.18. The lowest BCUT2D eigenvalue weighted by Gasteiger charge is -2.13. The summed E-state index contributed by atoms with van der Waals surface area (Å²) >= 11 is 1.49. The quantitative estimate of drug-likeness (QED) is 0.916.